The Morgan fingerprint density at radius 1 is 1.28 bits per heavy atom. The van der Waals surface area contributed by atoms with Crippen LogP contribution >= 0.6 is 34.7 Å². The van der Waals surface area contributed by atoms with Gasteiger partial charge in [-0.1, -0.05) is 35.5 Å². The van der Waals surface area contributed by atoms with Gasteiger partial charge in [-0.3, -0.25) is 14.2 Å². The Morgan fingerprint density at radius 2 is 2.09 bits per heavy atom. The van der Waals surface area contributed by atoms with Crippen molar-refractivity contribution in [2.24, 2.45) is 0 Å². The SMILES string of the molecule is Cc1cccc(-n2c(SCC(=O)Nc3sccc3C#N)nc3cc(Cl)ccc3c2=O)c1C. The van der Waals surface area contributed by atoms with Gasteiger partial charge >= 0.3 is 0 Å². The number of amides is 1. The van der Waals surface area contributed by atoms with Gasteiger partial charge in [0.05, 0.1) is 27.9 Å². The fourth-order valence-corrected chi connectivity index (χ4v) is 4.94. The number of hydrogen-bond donors (Lipinski definition) is 1. The molecule has 4 aromatic rings. The zero-order chi connectivity index (χ0) is 22.8. The zero-order valence-corrected chi connectivity index (χ0v) is 19.6. The molecule has 0 spiro atoms. The van der Waals surface area contributed by atoms with Crippen molar-refractivity contribution in [2.75, 3.05) is 11.1 Å². The van der Waals surface area contributed by atoms with Crippen LogP contribution in [0.1, 0.15) is 16.7 Å². The molecule has 32 heavy (non-hydrogen) atoms. The van der Waals surface area contributed by atoms with Crippen LogP contribution in [0.15, 0.2) is 57.8 Å². The summed E-state index contributed by atoms with van der Waals surface area (Å²) in [6, 6.07) is 14.4. The van der Waals surface area contributed by atoms with E-state index in [1.165, 1.54) is 11.3 Å². The third-order valence-electron chi connectivity index (χ3n) is 4.99. The normalized spacial score (nSPS) is 10.8. The highest BCUT2D eigenvalue weighted by Gasteiger charge is 2.17. The van der Waals surface area contributed by atoms with E-state index in [1.807, 2.05) is 38.1 Å². The molecule has 0 saturated carbocycles. The number of nitriles is 1. The van der Waals surface area contributed by atoms with E-state index in [9.17, 15) is 9.59 Å². The van der Waals surface area contributed by atoms with Gasteiger partial charge in [0.2, 0.25) is 5.91 Å². The van der Waals surface area contributed by atoms with Gasteiger partial charge in [-0.2, -0.15) is 5.26 Å². The van der Waals surface area contributed by atoms with Crippen LogP contribution in [0.2, 0.25) is 5.02 Å². The van der Waals surface area contributed by atoms with Crippen molar-refractivity contribution in [3.05, 3.63) is 79.9 Å². The first-order valence-corrected chi connectivity index (χ1v) is 11.8. The third-order valence-corrected chi connectivity index (χ3v) is 6.99. The van der Waals surface area contributed by atoms with Crippen LogP contribution < -0.4 is 10.9 Å². The fourth-order valence-electron chi connectivity index (χ4n) is 3.21. The van der Waals surface area contributed by atoms with Gasteiger partial charge in [-0.05, 0) is 60.7 Å². The lowest BCUT2D eigenvalue weighted by Crippen LogP contribution is -2.23. The molecule has 0 aliphatic heterocycles. The van der Waals surface area contributed by atoms with E-state index in [1.54, 1.807) is 34.2 Å². The number of carbonyl (C=O) groups excluding carboxylic acids is 1. The van der Waals surface area contributed by atoms with Crippen LogP contribution in [0, 0.1) is 25.2 Å². The minimum Gasteiger partial charge on any atom is -0.316 e. The van der Waals surface area contributed by atoms with Crippen LogP contribution in [-0.2, 0) is 4.79 Å². The largest absolute Gasteiger partial charge is 0.316 e. The van der Waals surface area contributed by atoms with Gasteiger partial charge in [-0.25, -0.2) is 4.98 Å². The number of thiophene rings is 1. The van der Waals surface area contributed by atoms with E-state index >= 15 is 0 Å². The van der Waals surface area contributed by atoms with Crippen molar-refractivity contribution < 1.29 is 4.79 Å². The Morgan fingerprint density at radius 3 is 2.88 bits per heavy atom. The van der Waals surface area contributed by atoms with Gasteiger partial charge in [0.15, 0.2) is 5.16 Å². The van der Waals surface area contributed by atoms with E-state index in [4.69, 9.17) is 16.9 Å². The molecule has 4 rings (SSSR count). The molecule has 0 radical (unpaired) electrons. The molecule has 9 heteroatoms. The second kappa shape index (κ2) is 9.17. The van der Waals surface area contributed by atoms with Crippen molar-refractivity contribution in [3.63, 3.8) is 0 Å². The first-order valence-electron chi connectivity index (χ1n) is 9.58. The number of benzene rings is 2. The summed E-state index contributed by atoms with van der Waals surface area (Å²) >= 11 is 8.55. The molecule has 2 aromatic heterocycles. The van der Waals surface area contributed by atoms with E-state index < -0.39 is 0 Å². The number of hydrogen-bond acceptors (Lipinski definition) is 6. The highest BCUT2D eigenvalue weighted by molar-refractivity contribution is 7.99. The summed E-state index contributed by atoms with van der Waals surface area (Å²) < 4.78 is 1.54. The third kappa shape index (κ3) is 4.28. The molecule has 0 aliphatic rings. The molecule has 0 atom stereocenters. The molecule has 1 amide bonds. The predicted molar refractivity (Wildman–Crippen MR) is 130 cm³/mol. The molecule has 2 heterocycles. The number of anilines is 1. The number of fused-ring (bicyclic) bond motifs is 1. The lowest BCUT2D eigenvalue weighted by molar-refractivity contribution is -0.113. The second-order valence-corrected chi connectivity index (χ2v) is 9.32. The number of aryl methyl sites for hydroxylation is 1. The number of thioether (sulfide) groups is 1. The maximum Gasteiger partial charge on any atom is 0.266 e. The van der Waals surface area contributed by atoms with Crippen LogP contribution in [0.4, 0.5) is 5.00 Å². The standard InChI is InChI=1S/C23H17ClN4O2S2/c1-13-4-3-5-19(14(13)2)28-22(30)17-7-6-16(24)10-18(17)26-23(28)32-12-20(29)27-21-15(11-25)8-9-31-21/h3-10H,12H2,1-2H3,(H,27,29). The maximum atomic E-state index is 13.4. The molecule has 0 fully saturated rings. The van der Waals surface area contributed by atoms with Crippen molar-refractivity contribution in [3.8, 4) is 11.8 Å². The van der Waals surface area contributed by atoms with Gasteiger partial charge in [0.25, 0.3) is 5.56 Å². The average Bonchev–Trinajstić information content (AvgIpc) is 3.21. The van der Waals surface area contributed by atoms with Crippen LogP contribution in [0.5, 0.6) is 0 Å². The van der Waals surface area contributed by atoms with Crippen LogP contribution in [-0.4, -0.2) is 21.2 Å². The van der Waals surface area contributed by atoms with Crippen LogP contribution in [0.25, 0.3) is 16.6 Å². The molecule has 1 N–H and O–H groups in total. The first-order chi connectivity index (χ1) is 15.4. The Kier molecular flexibility index (Phi) is 6.33. The molecular formula is C23H17ClN4O2S2. The first kappa shape index (κ1) is 22.1. The molecule has 0 aliphatic carbocycles. The quantitative estimate of drug-likeness (QED) is 0.308. The number of nitrogens with one attached hydrogen (secondary N) is 1. The Bertz CT molecular complexity index is 1450. The topological polar surface area (TPSA) is 87.8 Å². The summed E-state index contributed by atoms with van der Waals surface area (Å²) in [4.78, 5) is 30.7. The Balaban J connectivity index is 1.75. The van der Waals surface area contributed by atoms with E-state index in [2.05, 4.69) is 10.3 Å². The minimum absolute atomic E-state index is 0.0200. The minimum atomic E-state index is -0.290. The fraction of sp³-hybridized carbons (Fsp3) is 0.130. The van der Waals surface area contributed by atoms with E-state index in [0.717, 1.165) is 22.9 Å². The number of rotatable bonds is 5. The number of carbonyl (C=O) groups is 1. The summed E-state index contributed by atoms with van der Waals surface area (Å²) in [6.07, 6.45) is 0. The second-order valence-electron chi connectivity index (χ2n) is 7.03. The lowest BCUT2D eigenvalue weighted by Gasteiger charge is -2.16. The van der Waals surface area contributed by atoms with Crippen LogP contribution in [0.3, 0.4) is 0 Å². The molecule has 0 bridgehead atoms. The summed E-state index contributed by atoms with van der Waals surface area (Å²) in [7, 11) is 0. The highest BCUT2D eigenvalue weighted by Crippen LogP contribution is 2.27. The zero-order valence-electron chi connectivity index (χ0n) is 17.2. The molecule has 160 valence electrons. The van der Waals surface area contributed by atoms with Gasteiger partial charge < -0.3 is 5.32 Å². The Labute approximate surface area is 197 Å². The van der Waals surface area contributed by atoms with Gasteiger partial charge in [0.1, 0.15) is 11.1 Å². The van der Waals surface area contributed by atoms with Crippen molar-refractivity contribution in [1.82, 2.24) is 9.55 Å². The van der Waals surface area contributed by atoms with E-state index in [0.29, 0.717) is 37.3 Å². The van der Waals surface area contributed by atoms with Crippen molar-refractivity contribution in [1.29, 1.82) is 5.26 Å². The smallest absolute Gasteiger partial charge is 0.266 e. The maximum absolute atomic E-state index is 13.4. The number of halogens is 1. The summed E-state index contributed by atoms with van der Waals surface area (Å²) in [5.74, 6) is -0.270. The van der Waals surface area contributed by atoms with Gasteiger partial charge in [0, 0.05) is 5.02 Å². The van der Waals surface area contributed by atoms with Gasteiger partial charge in [-0.15, -0.1) is 11.3 Å². The average molecular weight is 481 g/mol. The monoisotopic (exact) mass is 480 g/mol. The van der Waals surface area contributed by atoms with E-state index in [-0.39, 0.29) is 17.2 Å². The Hall–Kier alpha value is -3.12. The molecule has 0 unspecified atom stereocenters. The number of aromatic nitrogens is 2. The molecule has 6 nitrogen and oxygen atoms in total. The summed E-state index contributed by atoms with van der Waals surface area (Å²) in [6.45, 7) is 3.93. The molecular weight excluding hydrogens is 464 g/mol. The highest BCUT2D eigenvalue weighted by atomic mass is 35.5. The summed E-state index contributed by atoms with van der Waals surface area (Å²) in [5, 5.41) is 15.4. The summed E-state index contributed by atoms with van der Waals surface area (Å²) in [5.41, 5.74) is 3.37. The molecule has 2 aromatic carbocycles. The van der Waals surface area contributed by atoms with Crippen molar-refractivity contribution >= 4 is 56.5 Å². The lowest BCUT2D eigenvalue weighted by atomic mass is 10.1. The number of nitrogens with zero attached hydrogens (tertiary/aromatic N) is 3. The van der Waals surface area contributed by atoms with Crippen molar-refractivity contribution in [2.45, 2.75) is 19.0 Å². The predicted octanol–water partition coefficient (Wildman–Crippen LogP) is 5.32. The molecule has 0 saturated heterocycles.